The lowest BCUT2D eigenvalue weighted by Gasteiger charge is -2.28. The highest BCUT2D eigenvalue weighted by Gasteiger charge is 2.30. The van der Waals surface area contributed by atoms with Crippen molar-refractivity contribution in [3.05, 3.63) is 100 Å². The predicted octanol–water partition coefficient (Wildman–Crippen LogP) is 6.05. The molecule has 0 spiro atoms. The third kappa shape index (κ3) is 6.82. The molecule has 7 nitrogen and oxygen atoms in total. The molecular formula is C31H35F2N5O2S. The van der Waals surface area contributed by atoms with E-state index < -0.39 is 11.2 Å². The molecule has 1 aromatic heterocycles. The van der Waals surface area contributed by atoms with E-state index in [1.807, 2.05) is 44.3 Å². The Morgan fingerprint density at radius 3 is 2.41 bits per heavy atom. The second-order valence-corrected chi connectivity index (χ2v) is 11.2. The number of imidazole rings is 1. The minimum atomic E-state index is -0.559. The first-order chi connectivity index (χ1) is 19.5. The fourth-order valence-corrected chi connectivity index (χ4v) is 5.60. The summed E-state index contributed by atoms with van der Waals surface area (Å²) in [5.74, 6) is 0.163. The largest absolute Gasteiger partial charge is 0.494 e. The number of guanidine groups is 1. The Morgan fingerprint density at radius 1 is 1.02 bits per heavy atom. The zero-order valence-electron chi connectivity index (χ0n) is 23.9. The SMILES string of the molecule is COc1cc(C(C)(C)c2cnc(SCc3c(C)cc(OCCN=C(N)N)cc3F)n2-c2ccc(C)cc2)ccc1F. The summed E-state index contributed by atoms with van der Waals surface area (Å²) in [4.78, 5) is 8.64. The van der Waals surface area contributed by atoms with Crippen LogP contribution >= 0.6 is 11.8 Å². The van der Waals surface area contributed by atoms with E-state index in [2.05, 4.69) is 23.4 Å². The number of nitrogens with two attached hydrogens (primary N) is 2. The summed E-state index contributed by atoms with van der Waals surface area (Å²) in [7, 11) is 1.45. The second-order valence-electron chi connectivity index (χ2n) is 10.2. The van der Waals surface area contributed by atoms with Gasteiger partial charge in [-0.3, -0.25) is 9.56 Å². The monoisotopic (exact) mass is 579 g/mol. The van der Waals surface area contributed by atoms with Crippen molar-refractivity contribution in [3.8, 4) is 17.2 Å². The van der Waals surface area contributed by atoms with E-state index in [-0.39, 0.29) is 30.7 Å². The highest BCUT2D eigenvalue weighted by Crippen LogP contribution is 2.38. The van der Waals surface area contributed by atoms with Crippen LogP contribution in [0, 0.1) is 25.5 Å². The minimum absolute atomic E-state index is 0.0173. The fraction of sp³-hybridized carbons (Fsp3) is 0.290. The van der Waals surface area contributed by atoms with Gasteiger partial charge in [0.25, 0.3) is 0 Å². The van der Waals surface area contributed by atoms with Crippen molar-refractivity contribution in [2.75, 3.05) is 20.3 Å². The number of hydrogen-bond acceptors (Lipinski definition) is 5. The molecular weight excluding hydrogens is 544 g/mol. The highest BCUT2D eigenvalue weighted by molar-refractivity contribution is 7.98. The van der Waals surface area contributed by atoms with Crippen molar-refractivity contribution in [2.24, 2.45) is 16.5 Å². The smallest absolute Gasteiger partial charge is 0.186 e. The number of benzene rings is 3. The molecule has 0 aliphatic carbocycles. The Morgan fingerprint density at radius 2 is 1.76 bits per heavy atom. The first kappa shape index (κ1) is 29.9. The molecule has 0 unspecified atom stereocenters. The van der Waals surface area contributed by atoms with Gasteiger partial charge in [0.05, 0.1) is 25.5 Å². The van der Waals surface area contributed by atoms with Gasteiger partial charge in [-0.1, -0.05) is 49.4 Å². The quantitative estimate of drug-likeness (QED) is 0.0972. The van der Waals surface area contributed by atoms with Crippen molar-refractivity contribution in [1.29, 1.82) is 0 Å². The number of aliphatic imine (C=N–C) groups is 1. The first-order valence-corrected chi connectivity index (χ1v) is 14.1. The van der Waals surface area contributed by atoms with Crippen LogP contribution in [0.4, 0.5) is 8.78 Å². The van der Waals surface area contributed by atoms with Gasteiger partial charge in [-0.05, 0) is 55.3 Å². The van der Waals surface area contributed by atoms with E-state index in [4.69, 9.17) is 25.9 Å². The number of nitrogens with zero attached hydrogens (tertiary/aromatic N) is 3. The third-order valence-corrected chi connectivity index (χ3v) is 7.91. The van der Waals surface area contributed by atoms with Crippen LogP contribution in [-0.4, -0.2) is 35.8 Å². The Kier molecular flexibility index (Phi) is 9.22. The zero-order valence-corrected chi connectivity index (χ0v) is 24.7. The molecule has 41 heavy (non-hydrogen) atoms. The van der Waals surface area contributed by atoms with Gasteiger partial charge in [0.15, 0.2) is 22.7 Å². The normalized spacial score (nSPS) is 11.4. The van der Waals surface area contributed by atoms with Crippen LogP contribution in [0.1, 0.15) is 41.8 Å². The van der Waals surface area contributed by atoms with Gasteiger partial charge in [-0.2, -0.15) is 0 Å². The maximum Gasteiger partial charge on any atom is 0.186 e. The van der Waals surface area contributed by atoms with E-state index >= 15 is 4.39 Å². The number of aromatic nitrogens is 2. The molecule has 1 heterocycles. The van der Waals surface area contributed by atoms with E-state index in [1.165, 1.54) is 31.0 Å². The van der Waals surface area contributed by atoms with Crippen LogP contribution < -0.4 is 20.9 Å². The molecule has 216 valence electrons. The Bertz CT molecular complexity index is 1520. The van der Waals surface area contributed by atoms with Crippen molar-refractivity contribution in [3.63, 3.8) is 0 Å². The van der Waals surface area contributed by atoms with Crippen LogP contribution in [0.5, 0.6) is 11.5 Å². The number of rotatable bonds is 11. The summed E-state index contributed by atoms with van der Waals surface area (Å²) in [6, 6.07) is 16.2. The summed E-state index contributed by atoms with van der Waals surface area (Å²) in [5.41, 5.74) is 15.3. The van der Waals surface area contributed by atoms with Gasteiger partial charge in [0.2, 0.25) is 0 Å². The average Bonchev–Trinajstić information content (AvgIpc) is 3.36. The lowest BCUT2D eigenvalue weighted by atomic mass is 9.81. The molecule has 0 saturated heterocycles. The summed E-state index contributed by atoms with van der Waals surface area (Å²) in [6.45, 7) is 8.52. The van der Waals surface area contributed by atoms with Gasteiger partial charge < -0.3 is 20.9 Å². The number of methoxy groups -OCH3 is 1. The van der Waals surface area contributed by atoms with Crippen molar-refractivity contribution < 1.29 is 18.3 Å². The molecule has 0 atom stereocenters. The number of ether oxygens (including phenoxy) is 2. The van der Waals surface area contributed by atoms with Crippen LogP contribution in [0.3, 0.4) is 0 Å². The summed E-state index contributed by atoms with van der Waals surface area (Å²) in [6.07, 6.45) is 1.83. The number of hydrogen-bond donors (Lipinski definition) is 2. The Balaban J connectivity index is 1.66. The number of thioether (sulfide) groups is 1. The standard InChI is InChI=1S/C31H35F2N5O2S/c1-19-6-9-22(10-7-19)38-28(31(3,4)21-8-11-25(32)27(15-21)39-5)17-37-30(38)41-18-24-20(2)14-23(16-26(24)33)40-13-12-36-29(34)35/h6-11,14-17H,12-13,18H2,1-5H3,(H4,34,35,36). The zero-order chi connectivity index (χ0) is 29.7. The molecule has 0 aliphatic heterocycles. The summed E-state index contributed by atoms with van der Waals surface area (Å²) >= 11 is 1.44. The van der Waals surface area contributed by atoms with Gasteiger partial charge in [0.1, 0.15) is 18.2 Å². The lowest BCUT2D eigenvalue weighted by Crippen LogP contribution is -2.23. The molecule has 0 bridgehead atoms. The molecule has 0 fully saturated rings. The van der Waals surface area contributed by atoms with Gasteiger partial charge in [-0.15, -0.1) is 0 Å². The van der Waals surface area contributed by atoms with Crippen LogP contribution in [-0.2, 0) is 11.2 Å². The highest BCUT2D eigenvalue weighted by atomic mass is 32.2. The predicted molar refractivity (Wildman–Crippen MR) is 160 cm³/mol. The molecule has 0 saturated carbocycles. The van der Waals surface area contributed by atoms with Gasteiger partial charge >= 0.3 is 0 Å². The fourth-order valence-electron chi connectivity index (χ4n) is 4.50. The number of aryl methyl sites for hydroxylation is 2. The first-order valence-electron chi connectivity index (χ1n) is 13.1. The molecule has 0 aliphatic rings. The topological polar surface area (TPSA) is 101 Å². The van der Waals surface area contributed by atoms with Gasteiger partial charge in [-0.25, -0.2) is 13.8 Å². The Labute approximate surface area is 243 Å². The Hall–Kier alpha value is -4.05. The molecule has 4 N–H and O–H groups in total. The van der Waals surface area contributed by atoms with E-state index in [9.17, 15) is 4.39 Å². The van der Waals surface area contributed by atoms with Crippen LogP contribution in [0.15, 0.2) is 70.9 Å². The van der Waals surface area contributed by atoms with Crippen LogP contribution in [0.2, 0.25) is 0 Å². The maximum absolute atomic E-state index is 15.2. The number of halogens is 2. The molecule has 4 rings (SSSR count). The second kappa shape index (κ2) is 12.6. The van der Waals surface area contributed by atoms with Gasteiger partial charge in [0, 0.05) is 28.5 Å². The maximum atomic E-state index is 15.2. The molecule has 10 heteroatoms. The van der Waals surface area contributed by atoms with Crippen molar-refractivity contribution >= 4 is 17.7 Å². The van der Waals surface area contributed by atoms with E-state index in [0.29, 0.717) is 22.2 Å². The summed E-state index contributed by atoms with van der Waals surface area (Å²) < 4.78 is 42.4. The minimum Gasteiger partial charge on any atom is -0.494 e. The average molecular weight is 580 g/mol. The molecule has 4 aromatic rings. The van der Waals surface area contributed by atoms with Crippen molar-refractivity contribution in [1.82, 2.24) is 9.55 Å². The molecule has 0 amide bonds. The molecule has 3 aromatic carbocycles. The lowest BCUT2D eigenvalue weighted by molar-refractivity contribution is 0.326. The van der Waals surface area contributed by atoms with Crippen LogP contribution in [0.25, 0.3) is 5.69 Å². The van der Waals surface area contributed by atoms with E-state index in [1.54, 1.807) is 18.2 Å². The summed E-state index contributed by atoms with van der Waals surface area (Å²) in [5, 5.41) is 0.711. The molecule has 0 radical (unpaired) electrons. The third-order valence-electron chi connectivity index (χ3n) is 6.93. The van der Waals surface area contributed by atoms with E-state index in [0.717, 1.165) is 28.1 Å². The van der Waals surface area contributed by atoms with Crippen molar-refractivity contribution in [2.45, 2.75) is 44.0 Å².